The van der Waals surface area contributed by atoms with E-state index in [1.54, 1.807) is 11.7 Å². The van der Waals surface area contributed by atoms with Gasteiger partial charge in [0.2, 0.25) is 5.60 Å². The number of nitrogens with zero attached hydrogens (tertiary/aromatic N) is 4. The molecule has 0 aliphatic carbocycles. The quantitative estimate of drug-likeness (QED) is 0.463. The van der Waals surface area contributed by atoms with Crippen molar-refractivity contribution in [3.05, 3.63) is 59.3 Å². The molecule has 5 rings (SSSR count). The van der Waals surface area contributed by atoms with Gasteiger partial charge in [0.25, 0.3) is 5.91 Å². The number of benzene rings is 2. The van der Waals surface area contributed by atoms with Crippen molar-refractivity contribution in [2.45, 2.75) is 31.4 Å². The predicted octanol–water partition coefficient (Wildman–Crippen LogP) is 2.35. The van der Waals surface area contributed by atoms with Crippen LogP contribution >= 0.6 is 0 Å². The fourth-order valence-electron chi connectivity index (χ4n) is 4.77. The molecule has 3 aromatic rings. The fraction of sp³-hybridized carbons (Fsp3) is 0.370. The van der Waals surface area contributed by atoms with Crippen molar-refractivity contribution in [2.24, 2.45) is 0 Å². The van der Waals surface area contributed by atoms with Crippen LogP contribution in [0.25, 0.3) is 16.6 Å². The highest BCUT2D eigenvalue weighted by Gasteiger charge is 2.42. The molecule has 180 valence electrons. The SMILES string of the molecule is COC(=O)c1nn(-c2cccc(C#CC3(O)CCN(C)C3=O)c2)c2ccc(CN3CCCC3)cc12. The Hall–Kier alpha value is -3.67. The van der Waals surface area contributed by atoms with E-state index in [1.165, 1.54) is 24.9 Å². The van der Waals surface area contributed by atoms with Crippen LogP contribution in [-0.4, -0.2) is 76.0 Å². The highest BCUT2D eigenvalue weighted by Crippen LogP contribution is 2.26. The Morgan fingerprint density at radius 3 is 2.69 bits per heavy atom. The summed E-state index contributed by atoms with van der Waals surface area (Å²) in [7, 11) is 3.00. The molecule has 2 aromatic carbocycles. The Morgan fingerprint density at radius 2 is 1.97 bits per heavy atom. The average Bonchev–Trinajstić information content (AvgIpc) is 3.58. The van der Waals surface area contributed by atoms with Crippen LogP contribution in [0.15, 0.2) is 42.5 Å². The van der Waals surface area contributed by atoms with E-state index < -0.39 is 11.6 Å². The number of esters is 1. The molecular formula is C27H28N4O4. The van der Waals surface area contributed by atoms with Gasteiger partial charge < -0.3 is 14.7 Å². The van der Waals surface area contributed by atoms with Crippen molar-refractivity contribution in [1.82, 2.24) is 19.6 Å². The van der Waals surface area contributed by atoms with Crippen LogP contribution in [0.5, 0.6) is 0 Å². The number of carbonyl (C=O) groups is 2. The van der Waals surface area contributed by atoms with Gasteiger partial charge in [0.05, 0.1) is 18.3 Å². The lowest BCUT2D eigenvalue weighted by Crippen LogP contribution is -2.37. The van der Waals surface area contributed by atoms with Crippen LogP contribution in [0.4, 0.5) is 0 Å². The number of ether oxygens (including phenoxy) is 1. The highest BCUT2D eigenvalue weighted by molar-refractivity contribution is 6.02. The van der Waals surface area contributed by atoms with Crippen molar-refractivity contribution < 1.29 is 19.4 Å². The molecule has 0 spiro atoms. The number of likely N-dealkylation sites (N-methyl/N-ethyl adjacent to an activating group) is 1. The molecule has 0 radical (unpaired) electrons. The second-order valence-electron chi connectivity index (χ2n) is 9.22. The maximum atomic E-state index is 12.5. The fourth-order valence-corrected chi connectivity index (χ4v) is 4.77. The minimum Gasteiger partial charge on any atom is -0.464 e. The van der Waals surface area contributed by atoms with Crippen LogP contribution in [0.3, 0.4) is 0 Å². The number of likely N-dealkylation sites (tertiary alicyclic amines) is 2. The Kier molecular flexibility index (Phi) is 6.05. The molecule has 2 aliphatic rings. The second-order valence-corrected chi connectivity index (χ2v) is 9.22. The van der Waals surface area contributed by atoms with Crippen molar-refractivity contribution in [3.63, 3.8) is 0 Å². The summed E-state index contributed by atoms with van der Waals surface area (Å²) < 4.78 is 6.71. The summed E-state index contributed by atoms with van der Waals surface area (Å²) in [6.07, 6.45) is 2.71. The largest absolute Gasteiger partial charge is 0.464 e. The topological polar surface area (TPSA) is 87.9 Å². The summed E-state index contributed by atoms with van der Waals surface area (Å²) in [5, 5.41) is 15.9. The molecule has 8 heteroatoms. The number of rotatable bonds is 4. The minimum atomic E-state index is -1.66. The molecule has 1 unspecified atom stereocenters. The molecule has 1 aromatic heterocycles. The first-order valence-electron chi connectivity index (χ1n) is 11.8. The number of fused-ring (bicyclic) bond motifs is 1. The summed E-state index contributed by atoms with van der Waals surface area (Å²) >= 11 is 0. The zero-order valence-electron chi connectivity index (χ0n) is 20.0. The van der Waals surface area contributed by atoms with Gasteiger partial charge in [-0.25, -0.2) is 9.48 Å². The third kappa shape index (κ3) is 4.41. The van der Waals surface area contributed by atoms with E-state index in [2.05, 4.69) is 27.9 Å². The van der Waals surface area contributed by atoms with Crippen LogP contribution < -0.4 is 0 Å². The zero-order chi connectivity index (χ0) is 24.6. The van der Waals surface area contributed by atoms with E-state index in [0.717, 1.165) is 36.1 Å². The van der Waals surface area contributed by atoms with E-state index in [4.69, 9.17) is 4.74 Å². The van der Waals surface area contributed by atoms with Gasteiger partial charge in [-0.1, -0.05) is 24.0 Å². The van der Waals surface area contributed by atoms with Gasteiger partial charge in [0.15, 0.2) is 5.69 Å². The van der Waals surface area contributed by atoms with Gasteiger partial charge in [-0.2, -0.15) is 5.10 Å². The monoisotopic (exact) mass is 472 g/mol. The number of hydrogen-bond donors (Lipinski definition) is 1. The third-order valence-corrected chi connectivity index (χ3v) is 6.74. The summed E-state index contributed by atoms with van der Waals surface area (Å²) in [4.78, 5) is 28.7. The number of aliphatic hydroxyl groups is 1. The lowest BCUT2D eigenvalue weighted by molar-refractivity contribution is -0.137. The Morgan fingerprint density at radius 1 is 1.17 bits per heavy atom. The molecule has 2 saturated heterocycles. The summed E-state index contributed by atoms with van der Waals surface area (Å²) in [5.74, 6) is 4.82. The normalized spacial score (nSPS) is 20.3. The van der Waals surface area contributed by atoms with Gasteiger partial charge in [-0.05, 0) is 61.8 Å². The number of methoxy groups -OCH3 is 1. The first kappa shape index (κ1) is 23.1. The van der Waals surface area contributed by atoms with E-state index in [1.807, 2.05) is 36.4 Å². The summed E-state index contributed by atoms with van der Waals surface area (Å²) in [6.45, 7) is 3.49. The molecule has 3 heterocycles. The second kappa shape index (κ2) is 9.17. The predicted molar refractivity (Wildman–Crippen MR) is 131 cm³/mol. The van der Waals surface area contributed by atoms with Crippen molar-refractivity contribution in [2.75, 3.05) is 33.8 Å². The van der Waals surface area contributed by atoms with Crippen LogP contribution in [0.1, 0.15) is 40.9 Å². The number of amides is 1. The van der Waals surface area contributed by atoms with Crippen molar-refractivity contribution in [1.29, 1.82) is 0 Å². The molecule has 35 heavy (non-hydrogen) atoms. The number of carbonyl (C=O) groups excluding carboxylic acids is 2. The molecule has 1 N–H and O–H groups in total. The smallest absolute Gasteiger partial charge is 0.359 e. The molecule has 1 atom stereocenters. The van der Waals surface area contributed by atoms with Crippen molar-refractivity contribution >= 4 is 22.8 Å². The van der Waals surface area contributed by atoms with Crippen LogP contribution in [-0.2, 0) is 16.1 Å². The number of hydrogen-bond acceptors (Lipinski definition) is 6. The van der Waals surface area contributed by atoms with E-state index in [9.17, 15) is 14.7 Å². The maximum Gasteiger partial charge on any atom is 0.359 e. The molecule has 1 amide bonds. The van der Waals surface area contributed by atoms with Crippen LogP contribution in [0, 0.1) is 11.8 Å². The van der Waals surface area contributed by atoms with E-state index >= 15 is 0 Å². The molecule has 0 saturated carbocycles. The molecular weight excluding hydrogens is 444 g/mol. The van der Waals surface area contributed by atoms with Gasteiger partial charge in [0.1, 0.15) is 0 Å². The van der Waals surface area contributed by atoms with E-state index in [0.29, 0.717) is 17.8 Å². The minimum absolute atomic E-state index is 0.260. The summed E-state index contributed by atoms with van der Waals surface area (Å²) in [6, 6.07) is 13.4. The maximum absolute atomic E-state index is 12.5. The van der Waals surface area contributed by atoms with Gasteiger partial charge in [-0.15, -0.1) is 0 Å². The Balaban J connectivity index is 1.52. The molecule has 0 bridgehead atoms. The van der Waals surface area contributed by atoms with E-state index in [-0.39, 0.29) is 18.0 Å². The third-order valence-electron chi connectivity index (χ3n) is 6.74. The van der Waals surface area contributed by atoms with Gasteiger partial charge >= 0.3 is 5.97 Å². The summed E-state index contributed by atoms with van der Waals surface area (Å²) in [5.41, 5.74) is 1.86. The average molecular weight is 473 g/mol. The first-order chi connectivity index (χ1) is 16.9. The highest BCUT2D eigenvalue weighted by atomic mass is 16.5. The molecule has 2 aliphatic heterocycles. The van der Waals surface area contributed by atoms with Crippen molar-refractivity contribution in [3.8, 4) is 17.5 Å². The van der Waals surface area contributed by atoms with Gasteiger partial charge in [0, 0.05) is 37.5 Å². The zero-order valence-corrected chi connectivity index (χ0v) is 20.0. The lowest BCUT2D eigenvalue weighted by Gasteiger charge is -2.14. The lowest BCUT2D eigenvalue weighted by atomic mass is 10.0. The first-order valence-corrected chi connectivity index (χ1v) is 11.8. The number of aromatic nitrogens is 2. The standard InChI is InChI=1S/C27H28N4O4/c1-29-15-12-27(34,26(29)33)11-10-19-6-5-7-21(16-19)31-23-9-8-20(18-30-13-3-4-14-30)17-22(23)24(28-31)25(32)35-2/h5-9,16-17,34H,3-4,12-15,18H2,1-2H3. The Bertz CT molecular complexity index is 1360. The van der Waals surface area contributed by atoms with Gasteiger partial charge in [-0.3, -0.25) is 9.69 Å². The molecule has 8 nitrogen and oxygen atoms in total. The molecule has 2 fully saturated rings. The Labute approximate surface area is 204 Å². The van der Waals surface area contributed by atoms with Crippen LogP contribution in [0.2, 0.25) is 0 Å².